The summed E-state index contributed by atoms with van der Waals surface area (Å²) in [4.78, 5) is 0. The van der Waals surface area contributed by atoms with E-state index in [1.165, 1.54) is 27.9 Å². The Labute approximate surface area is 169 Å². The molecule has 0 atom stereocenters. The number of hydrogen-bond acceptors (Lipinski definition) is 2. The van der Waals surface area contributed by atoms with Crippen LogP contribution in [0.15, 0.2) is 47.0 Å². The quantitative estimate of drug-likeness (QED) is 0.279. The van der Waals surface area contributed by atoms with Gasteiger partial charge in [-0.25, -0.2) is 4.57 Å². The van der Waals surface area contributed by atoms with E-state index in [0.717, 1.165) is 49.8 Å². The molecular formula is C26H22NO2+. The number of aromatic nitrogens is 1. The van der Waals surface area contributed by atoms with E-state index in [1.807, 2.05) is 12.1 Å². The predicted octanol–water partition coefficient (Wildman–Crippen LogP) is 6.57. The average molecular weight is 380 g/mol. The van der Waals surface area contributed by atoms with E-state index in [2.05, 4.69) is 69.8 Å². The zero-order chi connectivity index (χ0) is 20.0. The van der Waals surface area contributed by atoms with Crippen molar-refractivity contribution < 1.29 is 13.7 Å². The Bertz CT molecular complexity index is 1520. The summed E-state index contributed by atoms with van der Waals surface area (Å²) in [6.07, 6.45) is 2.13. The first kappa shape index (κ1) is 16.6. The number of ether oxygens (including phenoxy) is 1. The number of furan rings is 1. The molecule has 6 rings (SSSR count). The van der Waals surface area contributed by atoms with Gasteiger partial charge >= 0.3 is 0 Å². The molecule has 0 saturated heterocycles. The van der Waals surface area contributed by atoms with Crippen molar-refractivity contribution in [3.8, 4) is 22.8 Å². The lowest BCUT2D eigenvalue weighted by molar-refractivity contribution is -0.659. The highest BCUT2D eigenvalue weighted by Crippen LogP contribution is 2.52. The van der Waals surface area contributed by atoms with Crippen LogP contribution in [0.1, 0.15) is 22.3 Å². The van der Waals surface area contributed by atoms with Crippen LogP contribution in [0.25, 0.3) is 44.0 Å². The second kappa shape index (κ2) is 5.38. The van der Waals surface area contributed by atoms with Gasteiger partial charge in [-0.3, -0.25) is 0 Å². The SMILES string of the molecule is Cc1cc(C)c2c(c1C)-c1c3c(c(C)c4c5ccccc5oc4c3cc[n+]1C)O2. The van der Waals surface area contributed by atoms with Crippen molar-refractivity contribution in [1.29, 1.82) is 0 Å². The molecule has 0 unspecified atom stereocenters. The van der Waals surface area contributed by atoms with Gasteiger partial charge in [-0.1, -0.05) is 24.3 Å². The molecule has 0 saturated carbocycles. The Kier molecular flexibility index (Phi) is 3.08. The number of para-hydroxylation sites is 1. The molecule has 0 amide bonds. The molecule has 3 heteroatoms. The lowest BCUT2D eigenvalue weighted by atomic mass is 9.89. The van der Waals surface area contributed by atoms with Gasteiger partial charge in [0.1, 0.15) is 35.1 Å². The van der Waals surface area contributed by atoms with Crippen LogP contribution in [-0.4, -0.2) is 0 Å². The summed E-state index contributed by atoms with van der Waals surface area (Å²) >= 11 is 0. The third kappa shape index (κ3) is 1.95. The molecule has 0 spiro atoms. The Morgan fingerprint density at radius 2 is 1.59 bits per heavy atom. The van der Waals surface area contributed by atoms with E-state index >= 15 is 0 Å². The van der Waals surface area contributed by atoms with Gasteiger partial charge < -0.3 is 9.15 Å². The van der Waals surface area contributed by atoms with Crippen molar-refractivity contribution in [3.05, 3.63) is 64.8 Å². The number of aryl methyl sites for hydroxylation is 4. The minimum Gasteiger partial charge on any atom is -0.455 e. The molecule has 0 N–H and O–H groups in total. The van der Waals surface area contributed by atoms with Crippen LogP contribution >= 0.6 is 0 Å². The molecule has 0 fully saturated rings. The van der Waals surface area contributed by atoms with Crippen molar-refractivity contribution in [2.24, 2.45) is 7.05 Å². The first-order chi connectivity index (χ1) is 14.0. The van der Waals surface area contributed by atoms with Gasteiger partial charge in [0.2, 0.25) is 5.69 Å². The molecule has 0 bridgehead atoms. The first-order valence-electron chi connectivity index (χ1n) is 10.0. The summed E-state index contributed by atoms with van der Waals surface area (Å²) in [7, 11) is 2.11. The second-order valence-corrected chi connectivity index (χ2v) is 8.26. The molecule has 5 aromatic rings. The maximum absolute atomic E-state index is 6.67. The smallest absolute Gasteiger partial charge is 0.228 e. The van der Waals surface area contributed by atoms with Crippen molar-refractivity contribution >= 4 is 32.7 Å². The van der Waals surface area contributed by atoms with E-state index in [0.29, 0.717) is 0 Å². The molecule has 0 radical (unpaired) electrons. The monoisotopic (exact) mass is 380 g/mol. The summed E-state index contributed by atoms with van der Waals surface area (Å²) in [6.45, 7) is 8.65. The topological polar surface area (TPSA) is 26.2 Å². The largest absolute Gasteiger partial charge is 0.455 e. The fraction of sp³-hybridized carbons (Fsp3) is 0.192. The lowest BCUT2D eigenvalue weighted by Crippen LogP contribution is -2.32. The number of fused-ring (bicyclic) bond motifs is 6. The van der Waals surface area contributed by atoms with Crippen LogP contribution in [0.3, 0.4) is 0 Å². The Balaban J connectivity index is 1.91. The Morgan fingerprint density at radius 1 is 0.793 bits per heavy atom. The van der Waals surface area contributed by atoms with Crippen molar-refractivity contribution in [2.45, 2.75) is 27.7 Å². The highest BCUT2D eigenvalue weighted by molar-refractivity contribution is 6.21. The lowest BCUT2D eigenvalue weighted by Gasteiger charge is -2.24. The van der Waals surface area contributed by atoms with Crippen molar-refractivity contribution in [2.75, 3.05) is 0 Å². The number of hydrogen-bond donors (Lipinski definition) is 0. The van der Waals surface area contributed by atoms with Gasteiger partial charge in [0, 0.05) is 27.8 Å². The third-order valence-corrected chi connectivity index (χ3v) is 6.53. The van der Waals surface area contributed by atoms with Crippen LogP contribution < -0.4 is 9.30 Å². The second-order valence-electron chi connectivity index (χ2n) is 8.26. The molecule has 29 heavy (non-hydrogen) atoms. The molecule has 3 nitrogen and oxygen atoms in total. The zero-order valence-corrected chi connectivity index (χ0v) is 17.3. The van der Waals surface area contributed by atoms with E-state index in [9.17, 15) is 0 Å². The molecule has 1 aliphatic heterocycles. The molecule has 3 aromatic carbocycles. The van der Waals surface area contributed by atoms with E-state index in [1.54, 1.807) is 0 Å². The van der Waals surface area contributed by atoms with E-state index in [-0.39, 0.29) is 0 Å². The van der Waals surface area contributed by atoms with Crippen LogP contribution in [0.4, 0.5) is 0 Å². The fourth-order valence-electron chi connectivity index (χ4n) is 4.99. The van der Waals surface area contributed by atoms with Gasteiger partial charge in [-0.15, -0.1) is 0 Å². The Hall–Kier alpha value is -3.33. The molecule has 3 heterocycles. The number of rotatable bonds is 0. The highest BCUT2D eigenvalue weighted by Gasteiger charge is 2.34. The summed E-state index contributed by atoms with van der Waals surface area (Å²) in [5, 5.41) is 4.53. The van der Waals surface area contributed by atoms with Crippen LogP contribution in [0, 0.1) is 27.7 Å². The van der Waals surface area contributed by atoms with Gasteiger partial charge in [0.05, 0.1) is 5.56 Å². The van der Waals surface area contributed by atoms with Gasteiger partial charge in [-0.2, -0.15) is 0 Å². The van der Waals surface area contributed by atoms with Crippen molar-refractivity contribution in [3.63, 3.8) is 0 Å². The zero-order valence-electron chi connectivity index (χ0n) is 17.3. The molecule has 1 aliphatic rings. The summed E-state index contributed by atoms with van der Waals surface area (Å²) in [5.41, 5.74) is 9.10. The van der Waals surface area contributed by atoms with E-state index in [4.69, 9.17) is 9.15 Å². The van der Waals surface area contributed by atoms with Crippen LogP contribution in [0.5, 0.6) is 11.5 Å². The maximum atomic E-state index is 6.67. The summed E-state index contributed by atoms with van der Waals surface area (Å²) < 4.78 is 15.3. The number of nitrogens with zero attached hydrogens (tertiary/aromatic N) is 1. The molecule has 2 aromatic heterocycles. The van der Waals surface area contributed by atoms with Gasteiger partial charge in [0.25, 0.3) is 0 Å². The minimum absolute atomic E-state index is 0.916. The summed E-state index contributed by atoms with van der Waals surface area (Å²) in [6, 6.07) is 12.6. The molecule has 0 aliphatic carbocycles. The van der Waals surface area contributed by atoms with Gasteiger partial charge in [-0.05, 0) is 50.5 Å². The van der Waals surface area contributed by atoms with Crippen molar-refractivity contribution in [1.82, 2.24) is 0 Å². The molecular weight excluding hydrogens is 358 g/mol. The average Bonchev–Trinajstić information content (AvgIpc) is 3.10. The van der Waals surface area contributed by atoms with Gasteiger partial charge in [0.15, 0.2) is 6.20 Å². The van der Waals surface area contributed by atoms with Crippen LogP contribution in [-0.2, 0) is 7.05 Å². The van der Waals surface area contributed by atoms with E-state index < -0.39 is 0 Å². The number of benzene rings is 3. The first-order valence-corrected chi connectivity index (χ1v) is 10.0. The summed E-state index contributed by atoms with van der Waals surface area (Å²) in [5.74, 6) is 1.92. The normalized spacial score (nSPS) is 12.6. The standard InChI is InChI=1S/C26H22NO2/c1-13-12-14(2)24-21(15(13)3)23-22-18(10-11-27(23)5)26-20(16(4)25(22)29-24)17-8-6-7-9-19(17)28-26/h6-12H,1-5H3/q+1. The third-order valence-electron chi connectivity index (χ3n) is 6.53. The minimum atomic E-state index is 0.916. The van der Waals surface area contributed by atoms with Crippen LogP contribution in [0.2, 0.25) is 0 Å². The Morgan fingerprint density at radius 3 is 2.41 bits per heavy atom. The maximum Gasteiger partial charge on any atom is 0.228 e. The molecule has 142 valence electrons. The highest BCUT2D eigenvalue weighted by atomic mass is 16.5. The number of pyridine rings is 1. The predicted molar refractivity (Wildman–Crippen MR) is 117 cm³/mol. The fourth-order valence-corrected chi connectivity index (χ4v) is 4.99.